The van der Waals surface area contributed by atoms with Crippen molar-refractivity contribution in [2.24, 2.45) is 0 Å². The molecular formula is C31H39NO4. The molecule has 2 aromatic rings. The summed E-state index contributed by atoms with van der Waals surface area (Å²) in [5.41, 5.74) is 4.10. The van der Waals surface area contributed by atoms with Crippen molar-refractivity contribution >= 4 is 17.7 Å². The fourth-order valence-electron chi connectivity index (χ4n) is 4.64. The van der Waals surface area contributed by atoms with E-state index in [0.29, 0.717) is 24.4 Å². The number of hydrogen-bond donors (Lipinski definition) is 1. The number of fused-ring (bicyclic) bond motifs is 1. The maximum Gasteiger partial charge on any atom is 0.414 e. The Morgan fingerprint density at radius 2 is 1.81 bits per heavy atom. The van der Waals surface area contributed by atoms with Gasteiger partial charge < -0.3 is 9.84 Å². The van der Waals surface area contributed by atoms with Gasteiger partial charge in [-0.2, -0.15) is 0 Å². The molecule has 1 amide bonds. The first-order chi connectivity index (χ1) is 16.9. The van der Waals surface area contributed by atoms with Crippen LogP contribution in [0.2, 0.25) is 0 Å². The second-order valence-electron chi connectivity index (χ2n) is 11.2. The van der Waals surface area contributed by atoms with Gasteiger partial charge in [0.2, 0.25) is 0 Å². The van der Waals surface area contributed by atoms with Crippen LogP contribution < -0.4 is 4.90 Å². The lowest BCUT2D eigenvalue weighted by molar-refractivity contribution is 0.0573. The molecule has 0 spiro atoms. The molecule has 2 aromatic carbocycles. The van der Waals surface area contributed by atoms with E-state index < -0.39 is 11.6 Å². The zero-order chi connectivity index (χ0) is 26.5. The van der Waals surface area contributed by atoms with Crippen LogP contribution in [-0.2, 0) is 16.6 Å². The summed E-state index contributed by atoms with van der Waals surface area (Å²) in [6.07, 6.45) is 3.90. The molecule has 0 saturated heterocycles. The van der Waals surface area contributed by atoms with Gasteiger partial charge in [0, 0.05) is 19.4 Å². The first kappa shape index (κ1) is 27.3. The summed E-state index contributed by atoms with van der Waals surface area (Å²) < 4.78 is 5.67. The molecule has 1 heterocycles. The number of nitrogens with zero attached hydrogens (tertiary/aromatic N) is 1. The summed E-state index contributed by atoms with van der Waals surface area (Å²) in [4.78, 5) is 25.8. The maximum absolute atomic E-state index is 12.9. The Balaban J connectivity index is 1.67. The van der Waals surface area contributed by atoms with Gasteiger partial charge >= 0.3 is 12.1 Å². The van der Waals surface area contributed by atoms with E-state index in [2.05, 4.69) is 50.8 Å². The van der Waals surface area contributed by atoms with Crippen LogP contribution in [0.15, 0.2) is 42.5 Å². The number of amides is 1. The second kappa shape index (κ2) is 11.2. The van der Waals surface area contributed by atoms with Crippen molar-refractivity contribution in [3.63, 3.8) is 0 Å². The lowest BCUT2D eigenvalue weighted by Crippen LogP contribution is -2.43. The highest BCUT2D eigenvalue weighted by atomic mass is 16.6. The largest absolute Gasteiger partial charge is 0.478 e. The predicted octanol–water partition coefficient (Wildman–Crippen LogP) is 7.33. The molecule has 1 aliphatic heterocycles. The molecule has 36 heavy (non-hydrogen) atoms. The SMILES string of the molecule is CCC(CCC#CCc1ccc2c(c1)N(C(=O)OC(C)(C)C)CCC2(C)C)c1ccc(C(=O)O)cc1. The molecule has 1 atom stereocenters. The second-order valence-corrected chi connectivity index (χ2v) is 11.2. The molecule has 0 saturated carbocycles. The molecular weight excluding hydrogens is 450 g/mol. The van der Waals surface area contributed by atoms with Gasteiger partial charge in [-0.3, -0.25) is 4.90 Å². The number of benzene rings is 2. The quantitative estimate of drug-likeness (QED) is 0.432. The van der Waals surface area contributed by atoms with E-state index in [1.807, 2.05) is 32.9 Å². The molecule has 0 aromatic heterocycles. The number of carboxylic acid groups (broad SMARTS) is 1. The minimum atomic E-state index is -0.902. The summed E-state index contributed by atoms with van der Waals surface area (Å²) in [6, 6.07) is 13.5. The summed E-state index contributed by atoms with van der Waals surface area (Å²) in [5, 5.41) is 9.10. The van der Waals surface area contributed by atoms with Crippen molar-refractivity contribution in [1.82, 2.24) is 0 Å². The zero-order valence-electron chi connectivity index (χ0n) is 22.5. The van der Waals surface area contributed by atoms with Crippen molar-refractivity contribution in [2.75, 3.05) is 11.4 Å². The Bertz CT molecular complexity index is 1150. The molecule has 3 rings (SSSR count). The van der Waals surface area contributed by atoms with E-state index in [4.69, 9.17) is 9.84 Å². The average molecular weight is 490 g/mol. The van der Waals surface area contributed by atoms with Crippen molar-refractivity contribution in [1.29, 1.82) is 0 Å². The summed E-state index contributed by atoms with van der Waals surface area (Å²) in [6.45, 7) is 12.9. The number of carbonyl (C=O) groups excluding carboxylic acids is 1. The fourth-order valence-corrected chi connectivity index (χ4v) is 4.64. The molecule has 1 N–H and O–H groups in total. The van der Waals surface area contributed by atoms with Gasteiger partial charge in [-0.05, 0) is 86.3 Å². The van der Waals surface area contributed by atoms with Crippen molar-refractivity contribution in [3.8, 4) is 11.8 Å². The number of hydrogen-bond acceptors (Lipinski definition) is 3. The van der Waals surface area contributed by atoms with Gasteiger partial charge in [0.05, 0.1) is 11.3 Å². The average Bonchev–Trinajstić information content (AvgIpc) is 2.80. The van der Waals surface area contributed by atoms with E-state index in [9.17, 15) is 9.59 Å². The predicted molar refractivity (Wildman–Crippen MR) is 145 cm³/mol. The molecule has 5 nitrogen and oxygen atoms in total. The van der Waals surface area contributed by atoms with Crippen LogP contribution in [0.4, 0.5) is 10.5 Å². The van der Waals surface area contributed by atoms with E-state index in [1.165, 1.54) is 0 Å². The number of carboxylic acids is 1. The van der Waals surface area contributed by atoms with Crippen molar-refractivity contribution in [3.05, 3.63) is 64.7 Å². The summed E-state index contributed by atoms with van der Waals surface area (Å²) >= 11 is 0. The van der Waals surface area contributed by atoms with Gasteiger partial charge in [0.25, 0.3) is 0 Å². The molecule has 5 heteroatoms. The molecule has 1 aliphatic rings. The van der Waals surface area contributed by atoms with Crippen LogP contribution in [-0.4, -0.2) is 29.3 Å². The van der Waals surface area contributed by atoms with Crippen LogP contribution in [0.1, 0.15) is 100 Å². The van der Waals surface area contributed by atoms with E-state index in [1.54, 1.807) is 17.0 Å². The first-order valence-corrected chi connectivity index (χ1v) is 12.8. The smallest absolute Gasteiger partial charge is 0.414 e. The monoisotopic (exact) mass is 489 g/mol. The molecule has 0 fully saturated rings. The number of ether oxygens (including phenoxy) is 1. The Morgan fingerprint density at radius 3 is 2.42 bits per heavy atom. The Hall–Kier alpha value is -3.26. The van der Waals surface area contributed by atoms with Gasteiger partial charge in [-0.1, -0.05) is 51.0 Å². The minimum Gasteiger partial charge on any atom is -0.478 e. The number of anilines is 1. The third-order valence-corrected chi connectivity index (χ3v) is 6.81. The van der Waals surface area contributed by atoms with Crippen LogP contribution >= 0.6 is 0 Å². The first-order valence-electron chi connectivity index (χ1n) is 12.8. The standard InChI is InChI=1S/C31H39NO4/c1-7-23(24-14-16-25(17-15-24)28(33)34)12-10-8-9-11-22-13-18-26-27(21-22)32(20-19-31(26,5)6)29(35)36-30(2,3)4/h13-18,21,23H,7,10-12,19-20H2,1-6H3,(H,33,34). The van der Waals surface area contributed by atoms with Gasteiger partial charge in [0.15, 0.2) is 0 Å². The molecule has 0 bridgehead atoms. The minimum absolute atomic E-state index is 0.00408. The van der Waals surface area contributed by atoms with Gasteiger partial charge in [0.1, 0.15) is 5.60 Å². The molecule has 1 unspecified atom stereocenters. The van der Waals surface area contributed by atoms with E-state index in [0.717, 1.165) is 48.1 Å². The lowest BCUT2D eigenvalue weighted by Gasteiger charge is -2.39. The Morgan fingerprint density at radius 1 is 1.11 bits per heavy atom. The number of carbonyl (C=O) groups is 2. The van der Waals surface area contributed by atoms with E-state index >= 15 is 0 Å². The zero-order valence-corrected chi connectivity index (χ0v) is 22.5. The third-order valence-electron chi connectivity index (χ3n) is 6.81. The number of rotatable bonds is 6. The van der Waals surface area contributed by atoms with Crippen LogP contribution in [0.3, 0.4) is 0 Å². The van der Waals surface area contributed by atoms with E-state index in [-0.39, 0.29) is 11.5 Å². The Labute approximate surface area is 215 Å². The molecule has 0 aliphatic carbocycles. The van der Waals surface area contributed by atoms with Crippen molar-refractivity contribution < 1.29 is 19.4 Å². The molecule has 192 valence electrons. The highest BCUT2D eigenvalue weighted by Crippen LogP contribution is 2.40. The van der Waals surface area contributed by atoms with Gasteiger partial charge in [-0.15, -0.1) is 5.92 Å². The normalized spacial score (nSPS) is 15.3. The van der Waals surface area contributed by atoms with Crippen LogP contribution in [0.25, 0.3) is 0 Å². The van der Waals surface area contributed by atoms with Crippen molar-refractivity contribution in [2.45, 2.75) is 90.6 Å². The Kier molecular flexibility index (Phi) is 8.51. The number of aromatic carboxylic acids is 1. The topological polar surface area (TPSA) is 66.8 Å². The van der Waals surface area contributed by atoms with Gasteiger partial charge in [-0.25, -0.2) is 9.59 Å². The molecule has 0 radical (unpaired) electrons. The fraction of sp³-hybridized carbons (Fsp3) is 0.484. The van der Waals surface area contributed by atoms with Crippen LogP contribution in [0, 0.1) is 11.8 Å². The van der Waals surface area contributed by atoms with Crippen LogP contribution in [0.5, 0.6) is 0 Å². The lowest BCUT2D eigenvalue weighted by atomic mass is 9.77. The highest BCUT2D eigenvalue weighted by molar-refractivity contribution is 5.90. The summed E-state index contributed by atoms with van der Waals surface area (Å²) in [7, 11) is 0. The highest BCUT2D eigenvalue weighted by Gasteiger charge is 2.35. The maximum atomic E-state index is 12.9. The third kappa shape index (κ3) is 6.91. The summed E-state index contributed by atoms with van der Waals surface area (Å²) in [5.74, 6) is 6.07.